The molecular weight excluding hydrogens is 376 g/mol. The highest BCUT2D eigenvalue weighted by Gasteiger charge is 2.19. The zero-order valence-electron chi connectivity index (χ0n) is 12.5. The summed E-state index contributed by atoms with van der Waals surface area (Å²) in [4.78, 5) is 16.5. The molecule has 1 atom stereocenters. The number of rotatable bonds is 4. The van der Waals surface area contributed by atoms with Crippen LogP contribution in [0.15, 0.2) is 46.4 Å². The van der Waals surface area contributed by atoms with Crippen LogP contribution in [0.25, 0.3) is 10.8 Å². The van der Waals surface area contributed by atoms with Crippen molar-refractivity contribution in [3.8, 4) is 0 Å². The molecule has 0 spiro atoms. The van der Waals surface area contributed by atoms with E-state index in [2.05, 4.69) is 20.9 Å². The number of thiazole rings is 1. The molecule has 2 N–H and O–H groups in total. The first kappa shape index (κ1) is 16.1. The number of carbonyl (C=O) groups is 1. The number of nitrogens with two attached hydrogens (primary N) is 1. The SMILES string of the molecule is CCOC(=O)c1ccc(C(N)c2ncc(Br)s2)c2ccccc12. The number of hydrogen-bond donors (Lipinski definition) is 1. The van der Waals surface area contributed by atoms with Gasteiger partial charge in [0.05, 0.1) is 28.2 Å². The summed E-state index contributed by atoms with van der Waals surface area (Å²) in [6, 6.07) is 11.0. The lowest BCUT2D eigenvalue weighted by Crippen LogP contribution is -2.13. The zero-order chi connectivity index (χ0) is 16.4. The minimum Gasteiger partial charge on any atom is -0.462 e. The molecule has 118 valence electrons. The van der Waals surface area contributed by atoms with E-state index in [1.54, 1.807) is 19.2 Å². The monoisotopic (exact) mass is 390 g/mol. The average Bonchev–Trinajstić information content (AvgIpc) is 3.00. The van der Waals surface area contributed by atoms with Gasteiger partial charge in [0.15, 0.2) is 0 Å². The van der Waals surface area contributed by atoms with Crippen molar-refractivity contribution in [2.75, 3.05) is 6.61 Å². The Balaban J connectivity index is 2.13. The van der Waals surface area contributed by atoms with E-state index in [0.717, 1.165) is 25.1 Å². The van der Waals surface area contributed by atoms with Crippen LogP contribution in [0.2, 0.25) is 0 Å². The van der Waals surface area contributed by atoms with E-state index in [1.165, 1.54) is 11.3 Å². The van der Waals surface area contributed by atoms with E-state index < -0.39 is 0 Å². The Morgan fingerprint density at radius 2 is 2.04 bits per heavy atom. The van der Waals surface area contributed by atoms with E-state index in [4.69, 9.17) is 10.5 Å². The van der Waals surface area contributed by atoms with Crippen LogP contribution in [0.3, 0.4) is 0 Å². The fourth-order valence-corrected chi connectivity index (χ4v) is 3.79. The summed E-state index contributed by atoms with van der Waals surface area (Å²) in [5.74, 6) is -0.319. The first-order chi connectivity index (χ1) is 11.1. The number of fused-ring (bicyclic) bond motifs is 1. The molecule has 0 amide bonds. The van der Waals surface area contributed by atoms with Gasteiger partial charge in [-0.1, -0.05) is 30.3 Å². The molecule has 6 heteroatoms. The van der Waals surface area contributed by atoms with Crippen molar-refractivity contribution in [2.24, 2.45) is 5.73 Å². The summed E-state index contributed by atoms with van der Waals surface area (Å²) in [6.45, 7) is 2.15. The van der Waals surface area contributed by atoms with Gasteiger partial charge >= 0.3 is 5.97 Å². The van der Waals surface area contributed by atoms with Crippen LogP contribution in [0.5, 0.6) is 0 Å². The van der Waals surface area contributed by atoms with Crippen molar-refractivity contribution in [3.05, 3.63) is 62.5 Å². The molecule has 1 heterocycles. The molecular formula is C17H15BrN2O2S. The van der Waals surface area contributed by atoms with Crippen LogP contribution in [-0.2, 0) is 4.74 Å². The zero-order valence-corrected chi connectivity index (χ0v) is 14.9. The van der Waals surface area contributed by atoms with Crippen molar-refractivity contribution in [3.63, 3.8) is 0 Å². The van der Waals surface area contributed by atoms with Gasteiger partial charge in [-0.05, 0) is 45.3 Å². The minimum absolute atomic E-state index is 0.319. The third-order valence-electron chi connectivity index (χ3n) is 3.55. The molecule has 3 aromatic rings. The molecule has 0 bridgehead atoms. The smallest absolute Gasteiger partial charge is 0.338 e. The lowest BCUT2D eigenvalue weighted by Gasteiger charge is -2.14. The second-order valence-electron chi connectivity index (χ2n) is 4.95. The molecule has 0 radical (unpaired) electrons. The van der Waals surface area contributed by atoms with Crippen molar-refractivity contribution in [1.29, 1.82) is 0 Å². The van der Waals surface area contributed by atoms with Gasteiger partial charge in [0, 0.05) is 0 Å². The van der Waals surface area contributed by atoms with Gasteiger partial charge < -0.3 is 10.5 Å². The first-order valence-corrected chi connectivity index (χ1v) is 8.78. The molecule has 0 saturated carbocycles. The number of esters is 1. The summed E-state index contributed by atoms with van der Waals surface area (Å²) in [5.41, 5.74) is 7.89. The lowest BCUT2D eigenvalue weighted by atomic mass is 9.96. The van der Waals surface area contributed by atoms with Crippen LogP contribution in [-0.4, -0.2) is 17.6 Å². The highest BCUT2D eigenvalue weighted by Crippen LogP contribution is 2.32. The second-order valence-corrected chi connectivity index (χ2v) is 7.39. The molecule has 1 unspecified atom stereocenters. The summed E-state index contributed by atoms with van der Waals surface area (Å²) >= 11 is 4.92. The van der Waals surface area contributed by atoms with E-state index in [1.807, 2.05) is 30.3 Å². The third-order valence-corrected chi connectivity index (χ3v) is 5.11. The summed E-state index contributed by atoms with van der Waals surface area (Å²) in [7, 11) is 0. The highest BCUT2D eigenvalue weighted by atomic mass is 79.9. The number of carbonyl (C=O) groups excluding carboxylic acids is 1. The molecule has 23 heavy (non-hydrogen) atoms. The van der Waals surface area contributed by atoms with Gasteiger partial charge in [0.1, 0.15) is 5.01 Å². The van der Waals surface area contributed by atoms with E-state index >= 15 is 0 Å². The van der Waals surface area contributed by atoms with Gasteiger partial charge in [-0.2, -0.15) is 0 Å². The van der Waals surface area contributed by atoms with Crippen LogP contribution in [0, 0.1) is 0 Å². The number of ether oxygens (including phenoxy) is 1. The van der Waals surface area contributed by atoms with Crippen LogP contribution < -0.4 is 5.73 Å². The van der Waals surface area contributed by atoms with Crippen molar-refractivity contribution < 1.29 is 9.53 Å². The fraction of sp³-hybridized carbons (Fsp3) is 0.176. The van der Waals surface area contributed by atoms with Gasteiger partial charge in [0.2, 0.25) is 0 Å². The number of halogens is 1. The van der Waals surface area contributed by atoms with Gasteiger partial charge in [0.25, 0.3) is 0 Å². The normalized spacial score (nSPS) is 12.3. The Morgan fingerprint density at radius 3 is 2.70 bits per heavy atom. The summed E-state index contributed by atoms with van der Waals surface area (Å²) in [5, 5.41) is 2.61. The molecule has 1 aromatic heterocycles. The minimum atomic E-state index is -0.340. The Bertz CT molecular complexity index is 863. The largest absolute Gasteiger partial charge is 0.462 e. The topological polar surface area (TPSA) is 65.2 Å². The summed E-state index contributed by atoms with van der Waals surface area (Å²) < 4.78 is 6.08. The van der Waals surface area contributed by atoms with Crippen molar-refractivity contribution in [1.82, 2.24) is 4.98 Å². The van der Waals surface area contributed by atoms with E-state index in [0.29, 0.717) is 12.2 Å². The van der Waals surface area contributed by atoms with Crippen LogP contribution >= 0.6 is 27.3 Å². The molecule has 0 saturated heterocycles. The van der Waals surface area contributed by atoms with Gasteiger partial charge in [-0.15, -0.1) is 11.3 Å². The Morgan fingerprint density at radius 1 is 1.30 bits per heavy atom. The predicted molar refractivity (Wildman–Crippen MR) is 95.7 cm³/mol. The molecule has 2 aromatic carbocycles. The molecule has 0 aliphatic heterocycles. The Hall–Kier alpha value is -1.76. The Kier molecular flexibility index (Phi) is 4.75. The van der Waals surface area contributed by atoms with E-state index in [9.17, 15) is 4.79 Å². The lowest BCUT2D eigenvalue weighted by molar-refractivity contribution is 0.0528. The number of benzene rings is 2. The van der Waals surface area contributed by atoms with Crippen molar-refractivity contribution >= 4 is 44.0 Å². The molecule has 3 rings (SSSR count). The van der Waals surface area contributed by atoms with Gasteiger partial charge in [-0.25, -0.2) is 9.78 Å². The highest BCUT2D eigenvalue weighted by molar-refractivity contribution is 9.11. The molecule has 0 aliphatic rings. The molecule has 0 aliphatic carbocycles. The number of nitrogens with zero attached hydrogens (tertiary/aromatic N) is 1. The second kappa shape index (κ2) is 6.78. The quantitative estimate of drug-likeness (QED) is 0.674. The maximum Gasteiger partial charge on any atom is 0.338 e. The van der Waals surface area contributed by atoms with Crippen LogP contribution in [0.4, 0.5) is 0 Å². The van der Waals surface area contributed by atoms with Crippen molar-refractivity contribution in [2.45, 2.75) is 13.0 Å². The molecule has 0 fully saturated rings. The predicted octanol–water partition coefficient (Wildman–Crippen LogP) is 4.28. The molecule has 4 nitrogen and oxygen atoms in total. The third kappa shape index (κ3) is 3.15. The maximum atomic E-state index is 12.1. The Labute approximate surface area is 146 Å². The van der Waals surface area contributed by atoms with E-state index in [-0.39, 0.29) is 12.0 Å². The average molecular weight is 391 g/mol. The van der Waals surface area contributed by atoms with Crippen LogP contribution in [0.1, 0.15) is 33.9 Å². The number of hydrogen-bond acceptors (Lipinski definition) is 5. The summed E-state index contributed by atoms with van der Waals surface area (Å²) in [6.07, 6.45) is 1.75. The first-order valence-electron chi connectivity index (χ1n) is 7.17. The number of aromatic nitrogens is 1. The standard InChI is InChI=1S/C17H15BrN2O2S/c1-2-22-17(21)13-8-7-12(10-5-3-4-6-11(10)13)15(19)16-20-9-14(18)23-16/h3-9,15H,2,19H2,1H3. The fourth-order valence-electron chi connectivity index (χ4n) is 2.52. The maximum absolute atomic E-state index is 12.1. The van der Waals surface area contributed by atoms with Gasteiger partial charge in [-0.3, -0.25) is 0 Å².